The lowest BCUT2D eigenvalue weighted by Gasteiger charge is -2.33. The van der Waals surface area contributed by atoms with Crippen LogP contribution in [0.5, 0.6) is 11.5 Å². The SMILES string of the molecule is CCOc1ccccc1OC1CCCN(c2cncc(NC(=O)C(C)=Cc3ccc(C(=O)O)cc3)n2)C1. The average Bonchev–Trinajstić information content (AvgIpc) is 2.90. The zero-order valence-corrected chi connectivity index (χ0v) is 20.9. The van der Waals surface area contributed by atoms with E-state index in [1.807, 2.05) is 31.2 Å². The number of benzene rings is 2. The van der Waals surface area contributed by atoms with Crippen LogP contribution in [0.2, 0.25) is 0 Å². The number of anilines is 2. The second-order valence-corrected chi connectivity index (χ2v) is 8.68. The van der Waals surface area contributed by atoms with Gasteiger partial charge in [-0.3, -0.25) is 9.78 Å². The summed E-state index contributed by atoms with van der Waals surface area (Å²) in [5.74, 6) is 1.15. The van der Waals surface area contributed by atoms with Gasteiger partial charge in [-0.2, -0.15) is 0 Å². The van der Waals surface area contributed by atoms with Crippen LogP contribution in [0.25, 0.3) is 6.08 Å². The van der Waals surface area contributed by atoms with Gasteiger partial charge in [-0.25, -0.2) is 9.78 Å². The molecule has 0 aliphatic carbocycles. The Hall–Kier alpha value is -4.40. The molecule has 0 radical (unpaired) electrons. The molecule has 2 N–H and O–H groups in total. The summed E-state index contributed by atoms with van der Waals surface area (Å²) >= 11 is 0. The van der Waals surface area contributed by atoms with Crippen LogP contribution in [0, 0.1) is 0 Å². The number of rotatable bonds is 9. The maximum atomic E-state index is 12.7. The quantitative estimate of drug-likeness (QED) is 0.406. The topological polar surface area (TPSA) is 114 Å². The second kappa shape index (κ2) is 12.0. The average molecular weight is 503 g/mol. The normalized spacial score (nSPS) is 15.7. The number of amides is 1. The van der Waals surface area contributed by atoms with E-state index in [1.165, 1.54) is 18.3 Å². The van der Waals surface area contributed by atoms with Gasteiger partial charge in [0.15, 0.2) is 17.3 Å². The molecule has 1 fully saturated rings. The number of carboxylic acids is 1. The lowest BCUT2D eigenvalue weighted by molar-refractivity contribution is -0.112. The van der Waals surface area contributed by atoms with E-state index in [2.05, 4.69) is 20.2 Å². The molecule has 1 aliphatic rings. The Morgan fingerprint density at radius 2 is 1.89 bits per heavy atom. The van der Waals surface area contributed by atoms with Crippen molar-refractivity contribution in [3.8, 4) is 11.5 Å². The number of hydrogen-bond donors (Lipinski definition) is 2. The van der Waals surface area contributed by atoms with E-state index in [0.29, 0.717) is 30.4 Å². The van der Waals surface area contributed by atoms with E-state index >= 15 is 0 Å². The van der Waals surface area contributed by atoms with Crippen LogP contribution >= 0.6 is 0 Å². The molecule has 0 spiro atoms. The lowest BCUT2D eigenvalue weighted by Crippen LogP contribution is -2.41. The Morgan fingerprint density at radius 1 is 1.14 bits per heavy atom. The number of piperidine rings is 1. The van der Waals surface area contributed by atoms with Gasteiger partial charge < -0.3 is 24.8 Å². The Balaban J connectivity index is 1.40. The predicted molar refractivity (Wildman–Crippen MR) is 141 cm³/mol. The number of nitrogens with zero attached hydrogens (tertiary/aromatic N) is 3. The molecule has 192 valence electrons. The number of carbonyl (C=O) groups excluding carboxylic acids is 1. The fraction of sp³-hybridized carbons (Fsp3) is 0.286. The van der Waals surface area contributed by atoms with Crippen molar-refractivity contribution in [3.05, 3.63) is 77.6 Å². The number of carbonyl (C=O) groups is 2. The van der Waals surface area contributed by atoms with Gasteiger partial charge in [-0.15, -0.1) is 0 Å². The van der Waals surface area contributed by atoms with Crippen LogP contribution in [0.1, 0.15) is 42.6 Å². The summed E-state index contributed by atoms with van der Waals surface area (Å²) in [6.45, 7) is 5.64. The molecule has 2 heterocycles. The first-order valence-electron chi connectivity index (χ1n) is 12.2. The number of aromatic nitrogens is 2. The molecule has 0 saturated carbocycles. The van der Waals surface area contributed by atoms with E-state index < -0.39 is 5.97 Å². The Bertz CT molecular complexity index is 1280. The molecule has 0 bridgehead atoms. The van der Waals surface area contributed by atoms with E-state index in [9.17, 15) is 9.59 Å². The second-order valence-electron chi connectivity index (χ2n) is 8.68. The fourth-order valence-electron chi connectivity index (χ4n) is 4.06. The number of carboxylic acid groups (broad SMARTS) is 1. The van der Waals surface area contributed by atoms with E-state index in [4.69, 9.17) is 14.6 Å². The minimum atomic E-state index is -0.995. The van der Waals surface area contributed by atoms with Crippen molar-refractivity contribution < 1.29 is 24.2 Å². The molecule has 9 nitrogen and oxygen atoms in total. The molecule has 1 aliphatic heterocycles. The lowest BCUT2D eigenvalue weighted by atomic mass is 10.1. The first-order valence-corrected chi connectivity index (χ1v) is 12.2. The van der Waals surface area contributed by atoms with E-state index in [0.717, 1.165) is 36.4 Å². The van der Waals surface area contributed by atoms with Gasteiger partial charge in [0.1, 0.15) is 11.9 Å². The van der Waals surface area contributed by atoms with Gasteiger partial charge in [0.25, 0.3) is 5.91 Å². The molecule has 37 heavy (non-hydrogen) atoms. The van der Waals surface area contributed by atoms with Crippen LogP contribution in [0.15, 0.2) is 66.5 Å². The first-order chi connectivity index (χ1) is 17.9. The van der Waals surface area contributed by atoms with Crippen molar-refractivity contribution in [1.29, 1.82) is 0 Å². The van der Waals surface area contributed by atoms with Crippen molar-refractivity contribution in [2.75, 3.05) is 29.9 Å². The molecular formula is C28H30N4O5. The monoisotopic (exact) mass is 502 g/mol. The fourth-order valence-corrected chi connectivity index (χ4v) is 4.06. The third kappa shape index (κ3) is 6.84. The minimum absolute atomic E-state index is 0.0342. The smallest absolute Gasteiger partial charge is 0.335 e. The Morgan fingerprint density at radius 3 is 2.62 bits per heavy atom. The maximum absolute atomic E-state index is 12.7. The van der Waals surface area contributed by atoms with Crippen molar-refractivity contribution in [1.82, 2.24) is 9.97 Å². The molecule has 1 unspecified atom stereocenters. The zero-order valence-electron chi connectivity index (χ0n) is 20.9. The van der Waals surface area contributed by atoms with Crippen molar-refractivity contribution >= 4 is 29.6 Å². The summed E-state index contributed by atoms with van der Waals surface area (Å²) in [4.78, 5) is 34.7. The van der Waals surface area contributed by atoms with Gasteiger partial charge in [-0.05, 0) is 62.6 Å². The van der Waals surface area contributed by atoms with Crippen molar-refractivity contribution in [3.63, 3.8) is 0 Å². The zero-order chi connectivity index (χ0) is 26.2. The summed E-state index contributed by atoms with van der Waals surface area (Å²) in [6.07, 6.45) is 6.68. The van der Waals surface area contributed by atoms with Gasteiger partial charge in [0.05, 0.1) is 31.1 Å². The number of para-hydroxylation sites is 2. The van der Waals surface area contributed by atoms with Gasteiger partial charge in [-0.1, -0.05) is 24.3 Å². The van der Waals surface area contributed by atoms with Crippen LogP contribution in [0.3, 0.4) is 0 Å². The van der Waals surface area contributed by atoms with Crippen LogP contribution < -0.4 is 19.7 Å². The summed E-state index contributed by atoms with van der Waals surface area (Å²) in [6, 6.07) is 14.0. The highest BCUT2D eigenvalue weighted by Gasteiger charge is 2.24. The Kier molecular flexibility index (Phi) is 8.35. The Labute approximate surface area is 215 Å². The largest absolute Gasteiger partial charge is 0.490 e. The van der Waals surface area contributed by atoms with Gasteiger partial charge >= 0.3 is 5.97 Å². The number of nitrogens with one attached hydrogen (secondary N) is 1. The third-order valence-corrected chi connectivity index (χ3v) is 5.91. The van der Waals surface area contributed by atoms with Crippen molar-refractivity contribution in [2.24, 2.45) is 0 Å². The van der Waals surface area contributed by atoms with Crippen LogP contribution in [-0.2, 0) is 4.79 Å². The molecule has 3 aromatic rings. The van der Waals surface area contributed by atoms with E-state index in [-0.39, 0.29) is 17.6 Å². The molecule has 2 aromatic carbocycles. The number of aromatic carboxylic acids is 1. The summed E-state index contributed by atoms with van der Waals surface area (Å²) in [5.41, 5.74) is 1.37. The molecule has 1 atom stereocenters. The molecule has 9 heteroatoms. The third-order valence-electron chi connectivity index (χ3n) is 5.91. The number of hydrogen-bond acceptors (Lipinski definition) is 7. The maximum Gasteiger partial charge on any atom is 0.335 e. The standard InChI is InChI=1S/C28H30N4O5/c1-3-36-23-8-4-5-9-24(23)37-22-7-6-14-32(18-22)26-17-29-16-25(30-26)31-27(33)19(2)15-20-10-12-21(13-11-20)28(34)35/h4-5,8-13,15-17,22H,3,6-7,14,18H2,1-2H3,(H,34,35)(H,30,31,33). The summed E-state index contributed by atoms with van der Waals surface area (Å²) in [7, 11) is 0. The van der Waals surface area contributed by atoms with Crippen molar-refractivity contribution in [2.45, 2.75) is 32.8 Å². The predicted octanol–water partition coefficient (Wildman–Crippen LogP) is 4.66. The number of ether oxygens (including phenoxy) is 2. The molecule has 1 amide bonds. The first kappa shape index (κ1) is 25.7. The van der Waals surface area contributed by atoms with E-state index in [1.54, 1.807) is 31.3 Å². The summed E-state index contributed by atoms with van der Waals surface area (Å²) < 4.78 is 12.0. The highest BCUT2D eigenvalue weighted by Crippen LogP contribution is 2.30. The molecule has 4 rings (SSSR count). The van der Waals surface area contributed by atoms with Gasteiger partial charge in [0, 0.05) is 12.1 Å². The minimum Gasteiger partial charge on any atom is -0.490 e. The highest BCUT2D eigenvalue weighted by atomic mass is 16.5. The van der Waals surface area contributed by atoms with Crippen LogP contribution in [0.4, 0.5) is 11.6 Å². The highest BCUT2D eigenvalue weighted by molar-refractivity contribution is 6.05. The van der Waals surface area contributed by atoms with Crippen LogP contribution in [-0.4, -0.2) is 52.8 Å². The van der Waals surface area contributed by atoms with Gasteiger partial charge in [0.2, 0.25) is 0 Å². The molecule has 1 aromatic heterocycles. The summed E-state index contributed by atoms with van der Waals surface area (Å²) in [5, 5.41) is 11.8. The molecular weight excluding hydrogens is 472 g/mol. The molecule has 1 saturated heterocycles.